The minimum absolute atomic E-state index is 0.0484. The topological polar surface area (TPSA) is 61.6 Å². The number of hydrogen-bond acceptors (Lipinski definition) is 4. The third-order valence-electron chi connectivity index (χ3n) is 4.46. The van der Waals surface area contributed by atoms with Crippen LogP contribution in [0, 0.1) is 0 Å². The Hall–Kier alpha value is -1.89. The molecule has 134 valence electrons. The largest absolute Gasteiger partial charge is 0.386 e. The predicted molar refractivity (Wildman–Crippen MR) is 96.1 cm³/mol. The molecule has 0 spiro atoms. The van der Waals surface area contributed by atoms with Gasteiger partial charge >= 0.3 is 0 Å². The van der Waals surface area contributed by atoms with Gasteiger partial charge in [-0.3, -0.25) is 14.4 Å². The van der Waals surface area contributed by atoms with Crippen LogP contribution < -0.4 is 0 Å². The van der Waals surface area contributed by atoms with Crippen LogP contribution in [0.3, 0.4) is 0 Å². The van der Waals surface area contributed by atoms with Crippen LogP contribution >= 0.6 is 11.6 Å². The van der Waals surface area contributed by atoms with E-state index in [1.165, 1.54) is 4.90 Å². The van der Waals surface area contributed by atoms with E-state index in [-0.39, 0.29) is 12.3 Å². The van der Waals surface area contributed by atoms with Crippen molar-refractivity contribution >= 4 is 17.5 Å². The Kier molecular flexibility index (Phi) is 5.42. The molecule has 0 saturated carbocycles. The Morgan fingerprint density at radius 2 is 2.12 bits per heavy atom. The number of nitrogens with zero attached hydrogens (tertiary/aromatic N) is 4. The Labute approximate surface area is 152 Å². The molecule has 1 aliphatic rings. The number of halogens is 1. The summed E-state index contributed by atoms with van der Waals surface area (Å²) >= 11 is 6.25. The van der Waals surface area contributed by atoms with E-state index >= 15 is 0 Å². The van der Waals surface area contributed by atoms with Crippen LogP contribution in [0.1, 0.15) is 29.5 Å². The summed E-state index contributed by atoms with van der Waals surface area (Å²) in [7, 11) is 3.36. The van der Waals surface area contributed by atoms with E-state index in [1.807, 2.05) is 35.0 Å². The lowest BCUT2D eigenvalue weighted by molar-refractivity contribution is -0.130. The SMILES string of the molecule is CN(C)C(=O)C[C@H](O)c1cc2n(n1)CCN(Cc1ccccc1Cl)C2. The number of amides is 1. The van der Waals surface area contributed by atoms with Crippen LogP contribution in [0.4, 0.5) is 0 Å². The number of aromatic nitrogens is 2. The molecule has 0 saturated heterocycles. The summed E-state index contributed by atoms with van der Waals surface area (Å²) in [4.78, 5) is 15.5. The van der Waals surface area contributed by atoms with Crippen LogP contribution in [-0.4, -0.2) is 51.2 Å². The quantitative estimate of drug-likeness (QED) is 0.884. The van der Waals surface area contributed by atoms with Crippen LogP contribution in [0.25, 0.3) is 0 Å². The molecule has 0 fully saturated rings. The fourth-order valence-corrected chi connectivity index (χ4v) is 3.16. The molecule has 7 heteroatoms. The highest BCUT2D eigenvalue weighted by Crippen LogP contribution is 2.23. The van der Waals surface area contributed by atoms with Crippen molar-refractivity contribution in [2.75, 3.05) is 20.6 Å². The van der Waals surface area contributed by atoms with Gasteiger partial charge in [-0.2, -0.15) is 5.10 Å². The fourth-order valence-electron chi connectivity index (χ4n) is 2.96. The zero-order valence-corrected chi connectivity index (χ0v) is 15.3. The average molecular weight is 363 g/mol. The Morgan fingerprint density at radius 3 is 2.84 bits per heavy atom. The van der Waals surface area contributed by atoms with E-state index in [0.29, 0.717) is 5.69 Å². The van der Waals surface area contributed by atoms with Crippen LogP contribution in [0.15, 0.2) is 30.3 Å². The van der Waals surface area contributed by atoms with E-state index in [9.17, 15) is 9.90 Å². The molecule has 2 heterocycles. The van der Waals surface area contributed by atoms with Gasteiger partial charge in [0, 0.05) is 38.8 Å². The van der Waals surface area contributed by atoms with E-state index in [4.69, 9.17) is 11.6 Å². The zero-order valence-electron chi connectivity index (χ0n) is 14.5. The van der Waals surface area contributed by atoms with Crippen molar-refractivity contribution < 1.29 is 9.90 Å². The van der Waals surface area contributed by atoms with Crippen molar-refractivity contribution in [2.24, 2.45) is 0 Å². The number of benzene rings is 1. The third kappa shape index (κ3) is 4.21. The molecular weight excluding hydrogens is 340 g/mol. The van der Waals surface area contributed by atoms with Gasteiger partial charge in [0.1, 0.15) is 6.10 Å². The second-order valence-corrected chi connectivity index (χ2v) is 7.00. The fraction of sp³-hybridized carbons (Fsp3) is 0.444. The minimum atomic E-state index is -0.870. The molecule has 2 aromatic rings. The van der Waals surface area contributed by atoms with Gasteiger partial charge in [0.2, 0.25) is 5.91 Å². The molecule has 1 aliphatic heterocycles. The van der Waals surface area contributed by atoms with Gasteiger partial charge in [0.25, 0.3) is 0 Å². The molecule has 1 aromatic heterocycles. The lowest BCUT2D eigenvalue weighted by atomic mass is 10.1. The van der Waals surface area contributed by atoms with Gasteiger partial charge in [0.05, 0.1) is 24.4 Å². The first-order valence-electron chi connectivity index (χ1n) is 8.34. The van der Waals surface area contributed by atoms with E-state index in [2.05, 4.69) is 10.00 Å². The van der Waals surface area contributed by atoms with Crippen molar-refractivity contribution in [3.8, 4) is 0 Å². The smallest absolute Gasteiger partial charge is 0.225 e. The Morgan fingerprint density at radius 1 is 1.36 bits per heavy atom. The number of hydrogen-bond donors (Lipinski definition) is 1. The maximum Gasteiger partial charge on any atom is 0.225 e. The second-order valence-electron chi connectivity index (χ2n) is 6.59. The highest BCUT2D eigenvalue weighted by Gasteiger charge is 2.23. The summed E-state index contributed by atoms with van der Waals surface area (Å²) in [5.74, 6) is -0.112. The van der Waals surface area contributed by atoms with Crippen LogP contribution in [-0.2, 0) is 24.4 Å². The minimum Gasteiger partial charge on any atom is -0.386 e. The highest BCUT2D eigenvalue weighted by molar-refractivity contribution is 6.31. The average Bonchev–Trinajstić information content (AvgIpc) is 3.00. The summed E-state index contributed by atoms with van der Waals surface area (Å²) in [6, 6.07) is 9.76. The number of aliphatic hydroxyl groups is 1. The first-order valence-corrected chi connectivity index (χ1v) is 8.72. The summed E-state index contributed by atoms with van der Waals surface area (Å²) in [6.45, 7) is 3.15. The van der Waals surface area contributed by atoms with Crippen LogP contribution in [0.5, 0.6) is 0 Å². The molecule has 0 unspecified atom stereocenters. The molecule has 0 aliphatic carbocycles. The van der Waals surface area contributed by atoms with Gasteiger partial charge in [-0.15, -0.1) is 0 Å². The molecule has 1 amide bonds. The van der Waals surface area contributed by atoms with Crippen molar-refractivity contribution in [1.82, 2.24) is 19.6 Å². The van der Waals surface area contributed by atoms with Crippen LogP contribution in [0.2, 0.25) is 5.02 Å². The van der Waals surface area contributed by atoms with E-state index in [0.717, 1.165) is 42.5 Å². The summed E-state index contributed by atoms with van der Waals surface area (Å²) in [5.41, 5.74) is 2.71. The monoisotopic (exact) mass is 362 g/mol. The van der Waals surface area contributed by atoms with Gasteiger partial charge in [0.15, 0.2) is 0 Å². The number of carbonyl (C=O) groups is 1. The molecule has 6 nitrogen and oxygen atoms in total. The van der Waals surface area contributed by atoms with Crippen molar-refractivity contribution in [1.29, 1.82) is 0 Å². The Bertz CT molecular complexity index is 759. The first-order chi connectivity index (χ1) is 11.9. The predicted octanol–water partition coefficient (Wildman–Crippen LogP) is 2.06. The molecule has 1 N–H and O–H groups in total. The third-order valence-corrected chi connectivity index (χ3v) is 4.82. The van der Waals surface area contributed by atoms with Crippen molar-refractivity contribution in [3.63, 3.8) is 0 Å². The molecule has 25 heavy (non-hydrogen) atoms. The maximum absolute atomic E-state index is 11.8. The number of rotatable bonds is 5. The molecule has 0 bridgehead atoms. The normalized spacial score (nSPS) is 15.7. The molecular formula is C18H23ClN4O2. The summed E-state index contributed by atoms with van der Waals surface area (Å²) in [6.07, 6.45) is -0.822. The molecule has 1 atom stereocenters. The lowest BCUT2D eigenvalue weighted by Crippen LogP contribution is -2.33. The lowest BCUT2D eigenvalue weighted by Gasteiger charge is -2.27. The van der Waals surface area contributed by atoms with E-state index in [1.54, 1.807) is 14.1 Å². The highest BCUT2D eigenvalue weighted by atomic mass is 35.5. The molecule has 0 radical (unpaired) electrons. The maximum atomic E-state index is 11.8. The molecule has 3 rings (SSSR count). The van der Waals surface area contributed by atoms with Gasteiger partial charge < -0.3 is 10.0 Å². The number of carbonyl (C=O) groups excluding carboxylic acids is 1. The summed E-state index contributed by atoms with van der Waals surface area (Å²) < 4.78 is 1.92. The first kappa shape index (κ1) is 17.9. The van der Waals surface area contributed by atoms with Crippen molar-refractivity contribution in [2.45, 2.75) is 32.2 Å². The zero-order chi connectivity index (χ0) is 18.0. The van der Waals surface area contributed by atoms with Gasteiger partial charge in [-0.1, -0.05) is 29.8 Å². The summed E-state index contributed by atoms with van der Waals surface area (Å²) in [5, 5.41) is 15.5. The Balaban J connectivity index is 1.67. The van der Waals surface area contributed by atoms with E-state index < -0.39 is 6.10 Å². The van der Waals surface area contributed by atoms with Crippen molar-refractivity contribution in [3.05, 3.63) is 52.3 Å². The number of aliphatic hydroxyl groups excluding tert-OH is 1. The molecule has 1 aromatic carbocycles. The van der Waals surface area contributed by atoms with Gasteiger partial charge in [-0.25, -0.2) is 0 Å². The van der Waals surface area contributed by atoms with Gasteiger partial charge in [-0.05, 0) is 17.7 Å². The second kappa shape index (κ2) is 7.56. The standard InChI is InChI=1S/C18H23ClN4O2/c1-21(2)18(25)10-17(24)16-9-14-12-22(7-8-23(14)20-16)11-13-5-3-4-6-15(13)19/h3-6,9,17,24H,7-8,10-12H2,1-2H3/t17-/m0/s1. The number of fused-ring (bicyclic) bond motifs is 1.